The first kappa shape index (κ1) is 17.7. The zero-order valence-corrected chi connectivity index (χ0v) is 14.5. The second-order valence-corrected chi connectivity index (χ2v) is 5.75. The smallest absolute Gasteiger partial charge is 0.255 e. The molecule has 5 heteroatoms. The van der Waals surface area contributed by atoms with E-state index < -0.39 is 0 Å². The van der Waals surface area contributed by atoms with Crippen LogP contribution in [0.1, 0.15) is 24.2 Å². The van der Waals surface area contributed by atoms with E-state index in [0.29, 0.717) is 35.3 Å². The molecule has 0 saturated carbocycles. The molecule has 0 aromatic heterocycles. The normalized spacial score (nSPS) is 10.4. The number of amides is 1. The topological polar surface area (TPSA) is 56.8 Å². The Bertz CT molecular complexity index is 680. The van der Waals surface area contributed by atoms with E-state index >= 15 is 0 Å². The lowest BCUT2D eigenvalue weighted by Crippen LogP contribution is -2.13. The fraction of sp³-hybridized carbons (Fsp3) is 0.316. The van der Waals surface area contributed by atoms with Crippen molar-refractivity contribution in [2.45, 2.75) is 13.8 Å². The molecule has 5 nitrogen and oxygen atoms in total. The lowest BCUT2D eigenvalue weighted by atomic mass is 10.2. The standard InChI is InChI=1S/C19H23NO4/c1-13(2)12-24-15-7-5-14(6-8-15)19(21)20-17-11-16(22-3)9-10-18(17)23-4/h5-11,13H,12H2,1-4H3,(H,20,21). The first-order chi connectivity index (χ1) is 11.5. The minimum atomic E-state index is -0.225. The van der Waals surface area contributed by atoms with Crippen LogP contribution in [0.2, 0.25) is 0 Å². The SMILES string of the molecule is COc1ccc(OC)c(NC(=O)c2ccc(OCC(C)C)cc2)c1. The Morgan fingerprint density at radius 3 is 2.25 bits per heavy atom. The van der Waals surface area contributed by atoms with Gasteiger partial charge in [0.15, 0.2) is 0 Å². The van der Waals surface area contributed by atoms with Crippen LogP contribution in [0.5, 0.6) is 17.2 Å². The maximum atomic E-state index is 12.4. The third kappa shape index (κ3) is 4.65. The van der Waals surface area contributed by atoms with E-state index in [9.17, 15) is 4.79 Å². The molecule has 2 aromatic rings. The zero-order valence-electron chi connectivity index (χ0n) is 14.5. The van der Waals surface area contributed by atoms with Gasteiger partial charge in [-0.2, -0.15) is 0 Å². The monoisotopic (exact) mass is 329 g/mol. The van der Waals surface area contributed by atoms with Gasteiger partial charge in [-0.1, -0.05) is 13.8 Å². The van der Waals surface area contributed by atoms with Crippen molar-refractivity contribution in [3.05, 3.63) is 48.0 Å². The van der Waals surface area contributed by atoms with Gasteiger partial charge in [0.2, 0.25) is 0 Å². The molecule has 24 heavy (non-hydrogen) atoms. The number of hydrogen-bond donors (Lipinski definition) is 1. The average Bonchev–Trinajstić information content (AvgIpc) is 2.60. The van der Waals surface area contributed by atoms with Crippen molar-refractivity contribution in [1.29, 1.82) is 0 Å². The van der Waals surface area contributed by atoms with Gasteiger partial charge < -0.3 is 19.5 Å². The van der Waals surface area contributed by atoms with Crippen molar-refractivity contribution in [3.8, 4) is 17.2 Å². The largest absolute Gasteiger partial charge is 0.497 e. The number of ether oxygens (including phenoxy) is 3. The summed E-state index contributed by atoms with van der Waals surface area (Å²) >= 11 is 0. The molecule has 0 aliphatic carbocycles. The van der Waals surface area contributed by atoms with E-state index in [2.05, 4.69) is 19.2 Å². The highest BCUT2D eigenvalue weighted by molar-refractivity contribution is 6.05. The van der Waals surface area contributed by atoms with Crippen molar-refractivity contribution < 1.29 is 19.0 Å². The average molecular weight is 329 g/mol. The third-order valence-corrected chi connectivity index (χ3v) is 3.35. The lowest BCUT2D eigenvalue weighted by molar-refractivity contribution is 0.102. The van der Waals surface area contributed by atoms with E-state index in [1.54, 1.807) is 56.7 Å². The Kier molecular flexibility index (Phi) is 6.07. The molecular formula is C19H23NO4. The van der Waals surface area contributed by atoms with Crippen LogP contribution in [0, 0.1) is 5.92 Å². The maximum Gasteiger partial charge on any atom is 0.255 e. The number of nitrogens with one attached hydrogen (secondary N) is 1. The molecule has 2 rings (SSSR count). The minimum absolute atomic E-state index is 0.225. The summed E-state index contributed by atoms with van der Waals surface area (Å²) in [6.07, 6.45) is 0. The van der Waals surface area contributed by atoms with Gasteiger partial charge in [0.05, 0.1) is 26.5 Å². The zero-order chi connectivity index (χ0) is 17.5. The lowest BCUT2D eigenvalue weighted by Gasteiger charge is -2.12. The van der Waals surface area contributed by atoms with E-state index in [4.69, 9.17) is 14.2 Å². The van der Waals surface area contributed by atoms with Crippen molar-refractivity contribution >= 4 is 11.6 Å². The molecule has 0 radical (unpaired) electrons. The molecule has 0 heterocycles. The first-order valence-corrected chi connectivity index (χ1v) is 7.79. The maximum absolute atomic E-state index is 12.4. The second kappa shape index (κ2) is 8.24. The van der Waals surface area contributed by atoms with Gasteiger partial charge in [-0.15, -0.1) is 0 Å². The molecule has 1 amide bonds. The molecule has 0 aliphatic rings. The van der Waals surface area contributed by atoms with Gasteiger partial charge in [-0.05, 0) is 42.3 Å². The molecule has 128 valence electrons. The van der Waals surface area contributed by atoms with Crippen LogP contribution in [0.15, 0.2) is 42.5 Å². The van der Waals surface area contributed by atoms with E-state index in [-0.39, 0.29) is 5.91 Å². The highest BCUT2D eigenvalue weighted by Gasteiger charge is 2.11. The summed E-state index contributed by atoms with van der Waals surface area (Å²) in [5.41, 5.74) is 1.10. The van der Waals surface area contributed by atoms with Crippen LogP contribution < -0.4 is 19.5 Å². The number of carbonyl (C=O) groups is 1. The predicted octanol–water partition coefficient (Wildman–Crippen LogP) is 3.99. The summed E-state index contributed by atoms with van der Waals surface area (Å²) < 4.78 is 16.1. The van der Waals surface area contributed by atoms with Crippen molar-refractivity contribution in [3.63, 3.8) is 0 Å². The second-order valence-electron chi connectivity index (χ2n) is 5.75. The summed E-state index contributed by atoms with van der Waals surface area (Å²) in [5.74, 6) is 2.19. The molecule has 0 spiro atoms. The molecule has 0 fully saturated rings. The number of rotatable bonds is 7. The van der Waals surface area contributed by atoms with Crippen LogP contribution in [0.3, 0.4) is 0 Å². The third-order valence-electron chi connectivity index (χ3n) is 3.35. The van der Waals surface area contributed by atoms with Crippen LogP contribution >= 0.6 is 0 Å². The fourth-order valence-electron chi connectivity index (χ4n) is 2.07. The Morgan fingerprint density at radius 1 is 1.00 bits per heavy atom. The molecule has 0 unspecified atom stereocenters. The summed E-state index contributed by atoms with van der Waals surface area (Å²) in [6.45, 7) is 4.82. The Hall–Kier alpha value is -2.69. The number of carbonyl (C=O) groups excluding carboxylic acids is 1. The number of hydrogen-bond acceptors (Lipinski definition) is 4. The van der Waals surface area contributed by atoms with Crippen LogP contribution in [-0.2, 0) is 0 Å². The van der Waals surface area contributed by atoms with Crippen molar-refractivity contribution in [1.82, 2.24) is 0 Å². The molecule has 0 atom stereocenters. The van der Waals surface area contributed by atoms with E-state index in [1.165, 1.54) is 0 Å². The van der Waals surface area contributed by atoms with Gasteiger partial charge >= 0.3 is 0 Å². The summed E-state index contributed by atoms with van der Waals surface area (Å²) in [5, 5.41) is 2.84. The molecule has 0 aliphatic heterocycles. The number of anilines is 1. The Balaban J connectivity index is 2.09. The molecule has 2 aromatic carbocycles. The van der Waals surface area contributed by atoms with E-state index in [0.717, 1.165) is 5.75 Å². The fourth-order valence-corrected chi connectivity index (χ4v) is 2.07. The highest BCUT2D eigenvalue weighted by Crippen LogP contribution is 2.29. The summed E-state index contributed by atoms with van der Waals surface area (Å²) in [7, 11) is 3.13. The van der Waals surface area contributed by atoms with Crippen LogP contribution in [0.25, 0.3) is 0 Å². The quantitative estimate of drug-likeness (QED) is 0.834. The Morgan fingerprint density at radius 2 is 1.67 bits per heavy atom. The predicted molar refractivity (Wildman–Crippen MR) is 94.3 cm³/mol. The van der Waals surface area contributed by atoms with Gasteiger partial charge in [0.1, 0.15) is 17.2 Å². The minimum Gasteiger partial charge on any atom is -0.497 e. The Labute approximate surface area is 142 Å². The highest BCUT2D eigenvalue weighted by atomic mass is 16.5. The van der Waals surface area contributed by atoms with Crippen molar-refractivity contribution in [2.24, 2.45) is 5.92 Å². The van der Waals surface area contributed by atoms with Gasteiger partial charge in [0, 0.05) is 11.6 Å². The van der Waals surface area contributed by atoms with Gasteiger partial charge in [0.25, 0.3) is 5.91 Å². The molecular weight excluding hydrogens is 306 g/mol. The van der Waals surface area contributed by atoms with Gasteiger partial charge in [-0.25, -0.2) is 0 Å². The van der Waals surface area contributed by atoms with Gasteiger partial charge in [-0.3, -0.25) is 4.79 Å². The first-order valence-electron chi connectivity index (χ1n) is 7.79. The molecule has 0 bridgehead atoms. The summed E-state index contributed by atoms with van der Waals surface area (Å²) in [6, 6.07) is 12.3. The number of methoxy groups -OCH3 is 2. The van der Waals surface area contributed by atoms with Crippen molar-refractivity contribution in [2.75, 3.05) is 26.1 Å². The molecule has 1 N–H and O–H groups in total. The van der Waals surface area contributed by atoms with Crippen LogP contribution in [0.4, 0.5) is 5.69 Å². The van der Waals surface area contributed by atoms with E-state index in [1.807, 2.05) is 0 Å². The van der Waals surface area contributed by atoms with Crippen LogP contribution in [-0.4, -0.2) is 26.7 Å². The summed E-state index contributed by atoms with van der Waals surface area (Å²) in [4.78, 5) is 12.4. The molecule has 0 saturated heterocycles. The number of benzene rings is 2.